The summed E-state index contributed by atoms with van der Waals surface area (Å²) in [5, 5.41) is 3.21. The summed E-state index contributed by atoms with van der Waals surface area (Å²) in [7, 11) is 0. The second-order valence-corrected chi connectivity index (χ2v) is 6.52. The highest BCUT2D eigenvalue weighted by molar-refractivity contribution is 5.91. The van der Waals surface area contributed by atoms with Crippen LogP contribution in [-0.4, -0.2) is 43.8 Å². The molecule has 4 heterocycles. The fourth-order valence-electron chi connectivity index (χ4n) is 3.31. The summed E-state index contributed by atoms with van der Waals surface area (Å²) in [5.41, 5.74) is 0.927. The van der Waals surface area contributed by atoms with Gasteiger partial charge in [-0.3, -0.25) is 4.79 Å². The maximum Gasteiger partial charge on any atom is 0.291 e. The van der Waals surface area contributed by atoms with Crippen molar-refractivity contribution in [1.29, 1.82) is 0 Å². The van der Waals surface area contributed by atoms with Crippen LogP contribution in [0, 0.1) is 6.92 Å². The highest BCUT2D eigenvalue weighted by Gasteiger charge is 2.28. The summed E-state index contributed by atoms with van der Waals surface area (Å²) in [6.07, 6.45) is 6.34. The predicted octanol–water partition coefficient (Wildman–Crippen LogP) is 2.93. The van der Waals surface area contributed by atoms with Crippen LogP contribution in [0.3, 0.4) is 0 Å². The van der Waals surface area contributed by atoms with Crippen LogP contribution < -0.4 is 5.32 Å². The molecule has 0 saturated carbocycles. The molecule has 8 heteroatoms. The van der Waals surface area contributed by atoms with Crippen molar-refractivity contribution in [2.45, 2.75) is 25.7 Å². The Morgan fingerprint density at radius 1 is 1.30 bits per heavy atom. The molecule has 1 atom stereocenters. The van der Waals surface area contributed by atoms with Gasteiger partial charge in [0.15, 0.2) is 6.39 Å². The molecule has 1 N–H and O–H groups in total. The number of piperidine rings is 1. The van der Waals surface area contributed by atoms with Gasteiger partial charge in [0.1, 0.15) is 17.5 Å². The van der Waals surface area contributed by atoms with Crippen molar-refractivity contribution in [1.82, 2.24) is 24.8 Å². The van der Waals surface area contributed by atoms with Gasteiger partial charge in [0.25, 0.3) is 5.91 Å². The molecule has 1 amide bonds. The van der Waals surface area contributed by atoms with E-state index in [-0.39, 0.29) is 17.6 Å². The number of aryl methyl sites for hydroxylation is 1. The van der Waals surface area contributed by atoms with Crippen LogP contribution >= 0.6 is 0 Å². The van der Waals surface area contributed by atoms with Gasteiger partial charge < -0.3 is 14.6 Å². The molecule has 1 fully saturated rings. The third kappa shape index (κ3) is 3.94. The van der Waals surface area contributed by atoms with Gasteiger partial charge in [0.2, 0.25) is 5.76 Å². The molecule has 0 radical (unpaired) electrons. The van der Waals surface area contributed by atoms with E-state index in [0.717, 1.165) is 24.4 Å². The number of hydrogen-bond donors (Lipinski definition) is 1. The molecular formula is C19H20N6O2. The van der Waals surface area contributed by atoms with Gasteiger partial charge in [-0.15, -0.1) is 0 Å². The smallest absolute Gasteiger partial charge is 0.291 e. The Morgan fingerprint density at radius 3 is 3.00 bits per heavy atom. The topological polar surface area (TPSA) is 97.0 Å². The molecular weight excluding hydrogens is 344 g/mol. The van der Waals surface area contributed by atoms with Crippen molar-refractivity contribution >= 4 is 17.5 Å². The number of likely N-dealkylation sites (tertiary alicyclic amines) is 1. The first-order valence-corrected chi connectivity index (χ1v) is 8.90. The molecule has 0 bridgehead atoms. The summed E-state index contributed by atoms with van der Waals surface area (Å²) >= 11 is 0. The number of aromatic nitrogens is 4. The van der Waals surface area contributed by atoms with Crippen LogP contribution in [0.4, 0.5) is 11.6 Å². The molecule has 1 aliphatic heterocycles. The minimum atomic E-state index is -0.130. The Morgan fingerprint density at radius 2 is 2.22 bits per heavy atom. The SMILES string of the molecule is Cc1nc(Nc2ccccn2)cc(C2CCCN(C(=O)c3cnco3)C2)n1. The highest BCUT2D eigenvalue weighted by atomic mass is 16.3. The summed E-state index contributed by atoms with van der Waals surface area (Å²) in [5.74, 6) is 2.41. The monoisotopic (exact) mass is 364 g/mol. The molecule has 1 unspecified atom stereocenters. The van der Waals surface area contributed by atoms with Gasteiger partial charge in [-0.2, -0.15) is 0 Å². The second kappa shape index (κ2) is 7.53. The largest absolute Gasteiger partial charge is 0.438 e. The van der Waals surface area contributed by atoms with Crippen molar-refractivity contribution < 1.29 is 9.21 Å². The fourth-order valence-corrected chi connectivity index (χ4v) is 3.31. The molecule has 3 aromatic heterocycles. The zero-order valence-corrected chi connectivity index (χ0v) is 15.0. The summed E-state index contributed by atoms with van der Waals surface area (Å²) < 4.78 is 5.15. The number of rotatable bonds is 4. The quantitative estimate of drug-likeness (QED) is 0.760. The lowest BCUT2D eigenvalue weighted by Gasteiger charge is -2.32. The minimum absolute atomic E-state index is 0.130. The zero-order chi connectivity index (χ0) is 18.6. The van der Waals surface area contributed by atoms with Gasteiger partial charge >= 0.3 is 0 Å². The Labute approximate surface area is 156 Å². The average Bonchev–Trinajstić information content (AvgIpc) is 3.23. The Balaban J connectivity index is 1.53. The maximum absolute atomic E-state index is 12.6. The molecule has 1 saturated heterocycles. The summed E-state index contributed by atoms with van der Waals surface area (Å²) in [6.45, 7) is 3.17. The molecule has 3 aromatic rings. The first-order chi connectivity index (χ1) is 13.2. The van der Waals surface area contributed by atoms with Gasteiger partial charge in [-0.1, -0.05) is 6.07 Å². The molecule has 8 nitrogen and oxygen atoms in total. The van der Waals surface area contributed by atoms with Crippen molar-refractivity contribution in [3.8, 4) is 0 Å². The third-order valence-corrected chi connectivity index (χ3v) is 4.55. The van der Waals surface area contributed by atoms with Gasteiger partial charge in [-0.25, -0.2) is 19.9 Å². The van der Waals surface area contributed by atoms with Crippen molar-refractivity contribution in [3.63, 3.8) is 0 Å². The third-order valence-electron chi connectivity index (χ3n) is 4.55. The molecule has 0 aliphatic carbocycles. The molecule has 0 aromatic carbocycles. The molecule has 4 rings (SSSR count). The zero-order valence-electron chi connectivity index (χ0n) is 15.0. The Kier molecular flexibility index (Phi) is 4.78. The number of nitrogens with zero attached hydrogens (tertiary/aromatic N) is 5. The summed E-state index contributed by atoms with van der Waals surface area (Å²) in [4.78, 5) is 31.5. The van der Waals surface area contributed by atoms with Crippen molar-refractivity contribution in [2.24, 2.45) is 0 Å². The van der Waals surface area contributed by atoms with E-state index in [1.165, 1.54) is 12.6 Å². The standard InChI is InChI=1S/C19H20N6O2/c1-13-22-15(9-18(23-13)24-17-6-2-3-7-21-17)14-5-4-8-25(11-14)19(26)16-10-20-12-27-16/h2-3,6-7,9-10,12,14H,4-5,8,11H2,1H3,(H,21,22,23,24). The van der Waals surface area contributed by atoms with Crippen LogP contribution in [0.1, 0.15) is 40.8 Å². The number of pyridine rings is 1. The summed E-state index contributed by atoms with van der Waals surface area (Å²) in [6, 6.07) is 7.60. The number of anilines is 2. The highest BCUT2D eigenvalue weighted by Crippen LogP contribution is 2.28. The number of hydrogen-bond acceptors (Lipinski definition) is 7. The molecule has 27 heavy (non-hydrogen) atoms. The fraction of sp³-hybridized carbons (Fsp3) is 0.316. The van der Waals surface area contributed by atoms with Crippen LogP contribution in [0.15, 0.2) is 47.5 Å². The van der Waals surface area contributed by atoms with E-state index in [1.54, 1.807) is 11.1 Å². The van der Waals surface area contributed by atoms with E-state index in [9.17, 15) is 4.79 Å². The van der Waals surface area contributed by atoms with Crippen LogP contribution in [-0.2, 0) is 0 Å². The predicted molar refractivity (Wildman–Crippen MR) is 98.7 cm³/mol. The van der Waals surface area contributed by atoms with Gasteiger partial charge in [0.05, 0.1) is 11.9 Å². The number of amides is 1. The lowest BCUT2D eigenvalue weighted by Crippen LogP contribution is -2.39. The Hall–Kier alpha value is -3.29. The number of nitrogens with one attached hydrogen (secondary N) is 1. The second-order valence-electron chi connectivity index (χ2n) is 6.52. The first kappa shape index (κ1) is 17.1. The number of carbonyl (C=O) groups is 1. The van der Waals surface area contributed by atoms with E-state index in [1.807, 2.05) is 31.2 Å². The first-order valence-electron chi connectivity index (χ1n) is 8.90. The van der Waals surface area contributed by atoms with Gasteiger partial charge in [0, 0.05) is 31.3 Å². The number of oxazole rings is 1. The minimum Gasteiger partial charge on any atom is -0.438 e. The van der Waals surface area contributed by atoms with Gasteiger partial charge in [-0.05, 0) is 31.9 Å². The molecule has 1 aliphatic rings. The van der Waals surface area contributed by atoms with E-state index >= 15 is 0 Å². The van der Waals surface area contributed by atoms with E-state index in [0.29, 0.717) is 24.7 Å². The maximum atomic E-state index is 12.6. The van der Waals surface area contributed by atoms with E-state index in [4.69, 9.17) is 4.42 Å². The normalized spacial score (nSPS) is 16.9. The molecule has 0 spiro atoms. The van der Waals surface area contributed by atoms with E-state index < -0.39 is 0 Å². The molecule has 138 valence electrons. The van der Waals surface area contributed by atoms with Crippen LogP contribution in [0.2, 0.25) is 0 Å². The van der Waals surface area contributed by atoms with E-state index in [2.05, 4.69) is 25.3 Å². The van der Waals surface area contributed by atoms with Crippen LogP contribution in [0.5, 0.6) is 0 Å². The lowest BCUT2D eigenvalue weighted by molar-refractivity contribution is 0.0673. The Bertz CT molecular complexity index is 913. The van der Waals surface area contributed by atoms with Crippen molar-refractivity contribution in [2.75, 3.05) is 18.4 Å². The van der Waals surface area contributed by atoms with Crippen LogP contribution in [0.25, 0.3) is 0 Å². The van der Waals surface area contributed by atoms with Crippen molar-refractivity contribution in [3.05, 3.63) is 60.3 Å². The lowest BCUT2D eigenvalue weighted by atomic mass is 9.94. The average molecular weight is 364 g/mol. The number of carbonyl (C=O) groups excluding carboxylic acids is 1.